The van der Waals surface area contributed by atoms with Gasteiger partial charge in [0.05, 0.1) is 34.6 Å². The summed E-state index contributed by atoms with van der Waals surface area (Å²) in [6.45, 7) is 0. The van der Waals surface area contributed by atoms with E-state index in [-0.39, 0.29) is 11.4 Å². The third-order valence-corrected chi connectivity index (χ3v) is 5.16. The van der Waals surface area contributed by atoms with Crippen molar-refractivity contribution in [1.82, 2.24) is 4.57 Å². The zero-order chi connectivity index (χ0) is 22.0. The molecule has 7 heteroatoms. The first-order valence-electron chi connectivity index (χ1n) is 9.36. The second-order valence-electron chi connectivity index (χ2n) is 6.64. The Kier molecular flexibility index (Phi) is 5.56. The highest BCUT2D eigenvalue weighted by atomic mass is 35.5. The summed E-state index contributed by atoms with van der Waals surface area (Å²) in [7, 11) is 1.29. The minimum atomic E-state index is -0.525. The number of para-hydroxylation sites is 2. The lowest BCUT2D eigenvalue weighted by atomic mass is 10.1. The van der Waals surface area contributed by atoms with Crippen molar-refractivity contribution in [2.24, 2.45) is 4.99 Å². The van der Waals surface area contributed by atoms with Crippen molar-refractivity contribution >= 4 is 40.2 Å². The summed E-state index contributed by atoms with van der Waals surface area (Å²) in [4.78, 5) is 29.6. The van der Waals surface area contributed by atoms with Crippen LogP contribution in [0.2, 0.25) is 5.02 Å². The topological polar surface area (TPSA) is 80.9 Å². The summed E-state index contributed by atoms with van der Waals surface area (Å²) in [6, 6.07) is 20.3. The maximum Gasteiger partial charge on any atom is 0.340 e. The van der Waals surface area contributed by atoms with Crippen LogP contribution >= 0.6 is 11.6 Å². The van der Waals surface area contributed by atoms with Gasteiger partial charge in [0.1, 0.15) is 0 Å². The molecule has 0 bridgehead atoms. The van der Waals surface area contributed by atoms with Crippen LogP contribution in [0.3, 0.4) is 0 Å². The molecule has 0 radical (unpaired) electrons. The van der Waals surface area contributed by atoms with Crippen LogP contribution in [0.5, 0.6) is 5.88 Å². The predicted molar refractivity (Wildman–Crippen MR) is 121 cm³/mol. The van der Waals surface area contributed by atoms with Crippen LogP contribution in [0.1, 0.15) is 15.9 Å². The molecular weight excluding hydrogens is 416 g/mol. The van der Waals surface area contributed by atoms with Gasteiger partial charge in [0.2, 0.25) is 5.88 Å². The molecule has 4 aromatic rings. The third kappa shape index (κ3) is 3.69. The number of esters is 1. The maximum atomic E-state index is 13.1. The second-order valence-corrected chi connectivity index (χ2v) is 7.05. The fraction of sp³-hybridized carbons (Fsp3) is 0.0417. The van der Waals surface area contributed by atoms with Gasteiger partial charge in [0, 0.05) is 17.0 Å². The Labute approximate surface area is 182 Å². The number of aromatic nitrogens is 1. The van der Waals surface area contributed by atoms with Crippen molar-refractivity contribution in [2.45, 2.75) is 0 Å². The Morgan fingerprint density at radius 2 is 1.65 bits per heavy atom. The number of benzene rings is 3. The number of aliphatic imine (C=N–C) groups is 1. The Morgan fingerprint density at radius 3 is 2.39 bits per heavy atom. The summed E-state index contributed by atoms with van der Waals surface area (Å²) >= 11 is 6.29. The average molecular weight is 433 g/mol. The normalized spacial score (nSPS) is 11.2. The first-order chi connectivity index (χ1) is 15.0. The van der Waals surface area contributed by atoms with E-state index in [9.17, 15) is 14.7 Å². The van der Waals surface area contributed by atoms with Gasteiger partial charge in [-0.2, -0.15) is 0 Å². The van der Waals surface area contributed by atoms with Crippen LogP contribution in [0.25, 0.3) is 16.5 Å². The highest BCUT2D eigenvalue weighted by molar-refractivity contribution is 6.32. The standard InChI is InChI=1S/C24H17ClN2O4/c1-31-24(30)17-10-4-6-12-20(17)26-14-18-15-8-2-3-9-16(15)22(28)27(23(18)29)21-13-7-5-11-19(21)25/h2-14,29H,1H3. The van der Waals surface area contributed by atoms with Gasteiger partial charge >= 0.3 is 5.97 Å². The van der Waals surface area contributed by atoms with E-state index in [0.29, 0.717) is 32.7 Å². The number of hydrogen-bond acceptors (Lipinski definition) is 5. The van der Waals surface area contributed by atoms with Gasteiger partial charge in [0.25, 0.3) is 5.56 Å². The number of hydrogen-bond donors (Lipinski definition) is 1. The largest absolute Gasteiger partial charge is 0.494 e. The quantitative estimate of drug-likeness (QED) is 0.368. The molecule has 6 nitrogen and oxygen atoms in total. The highest BCUT2D eigenvalue weighted by Crippen LogP contribution is 2.29. The number of aromatic hydroxyl groups is 1. The lowest BCUT2D eigenvalue weighted by Gasteiger charge is -2.14. The van der Waals surface area contributed by atoms with E-state index >= 15 is 0 Å². The van der Waals surface area contributed by atoms with Crippen molar-refractivity contribution in [3.63, 3.8) is 0 Å². The number of methoxy groups -OCH3 is 1. The molecule has 0 aliphatic heterocycles. The zero-order valence-electron chi connectivity index (χ0n) is 16.4. The zero-order valence-corrected chi connectivity index (χ0v) is 17.2. The molecule has 0 spiro atoms. The number of ether oxygens (including phenoxy) is 1. The number of fused-ring (bicyclic) bond motifs is 1. The number of pyridine rings is 1. The summed E-state index contributed by atoms with van der Waals surface area (Å²) in [5.74, 6) is -0.834. The molecule has 4 rings (SSSR count). The summed E-state index contributed by atoms with van der Waals surface area (Å²) in [5.41, 5.74) is 0.905. The van der Waals surface area contributed by atoms with Crippen molar-refractivity contribution in [3.05, 3.63) is 99.3 Å². The molecular formula is C24H17ClN2O4. The lowest BCUT2D eigenvalue weighted by Crippen LogP contribution is -2.20. The number of nitrogens with zero attached hydrogens (tertiary/aromatic N) is 2. The predicted octanol–water partition coefficient (Wildman–Crippen LogP) is 4.89. The van der Waals surface area contributed by atoms with Gasteiger partial charge in [-0.25, -0.2) is 9.36 Å². The van der Waals surface area contributed by atoms with Crippen LogP contribution < -0.4 is 5.56 Å². The van der Waals surface area contributed by atoms with Crippen molar-refractivity contribution in [1.29, 1.82) is 0 Å². The Balaban J connectivity index is 1.98. The van der Waals surface area contributed by atoms with Gasteiger partial charge in [-0.15, -0.1) is 0 Å². The van der Waals surface area contributed by atoms with Crippen LogP contribution in [0.15, 0.2) is 82.6 Å². The van der Waals surface area contributed by atoms with Crippen LogP contribution in [-0.4, -0.2) is 29.0 Å². The van der Waals surface area contributed by atoms with E-state index in [4.69, 9.17) is 16.3 Å². The highest BCUT2D eigenvalue weighted by Gasteiger charge is 2.18. The van der Waals surface area contributed by atoms with Gasteiger partial charge in [-0.05, 0) is 30.3 Å². The number of carbonyl (C=O) groups excluding carboxylic acids is 1. The fourth-order valence-electron chi connectivity index (χ4n) is 3.35. The van der Waals surface area contributed by atoms with E-state index in [1.165, 1.54) is 13.3 Å². The van der Waals surface area contributed by atoms with Gasteiger partial charge in [-0.1, -0.05) is 54.1 Å². The Hall–Kier alpha value is -3.90. The first kappa shape index (κ1) is 20.4. The number of carbonyl (C=O) groups is 1. The molecule has 1 aromatic heterocycles. The number of halogens is 1. The average Bonchev–Trinajstić information content (AvgIpc) is 2.80. The van der Waals surface area contributed by atoms with E-state index in [1.54, 1.807) is 72.8 Å². The molecule has 3 aromatic carbocycles. The minimum Gasteiger partial charge on any atom is -0.494 e. The van der Waals surface area contributed by atoms with Gasteiger partial charge in [0.15, 0.2) is 0 Å². The molecule has 31 heavy (non-hydrogen) atoms. The van der Waals surface area contributed by atoms with Crippen LogP contribution in [-0.2, 0) is 4.74 Å². The van der Waals surface area contributed by atoms with E-state index in [1.807, 2.05) is 0 Å². The smallest absolute Gasteiger partial charge is 0.340 e. The molecule has 0 amide bonds. The van der Waals surface area contributed by atoms with E-state index < -0.39 is 11.5 Å². The third-order valence-electron chi connectivity index (χ3n) is 4.84. The minimum absolute atomic E-state index is 0.282. The summed E-state index contributed by atoms with van der Waals surface area (Å²) < 4.78 is 5.96. The molecule has 0 unspecified atom stereocenters. The van der Waals surface area contributed by atoms with Gasteiger partial charge < -0.3 is 9.84 Å². The van der Waals surface area contributed by atoms with Crippen molar-refractivity contribution in [3.8, 4) is 11.6 Å². The first-order valence-corrected chi connectivity index (χ1v) is 9.73. The molecule has 0 atom stereocenters. The van der Waals surface area contributed by atoms with Crippen molar-refractivity contribution in [2.75, 3.05) is 7.11 Å². The number of rotatable bonds is 4. The van der Waals surface area contributed by atoms with Gasteiger partial charge in [-0.3, -0.25) is 9.79 Å². The molecule has 0 saturated carbocycles. The van der Waals surface area contributed by atoms with E-state index in [0.717, 1.165) is 4.57 Å². The van der Waals surface area contributed by atoms with E-state index in [2.05, 4.69) is 4.99 Å². The van der Waals surface area contributed by atoms with Crippen LogP contribution in [0.4, 0.5) is 5.69 Å². The Morgan fingerprint density at radius 1 is 1.00 bits per heavy atom. The lowest BCUT2D eigenvalue weighted by molar-refractivity contribution is 0.0601. The molecule has 1 N–H and O–H groups in total. The fourth-order valence-corrected chi connectivity index (χ4v) is 3.57. The summed E-state index contributed by atoms with van der Waals surface area (Å²) in [6.07, 6.45) is 1.42. The molecule has 0 saturated heterocycles. The van der Waals surface area contributed by atoms with Crippen LogP contribution in [0, 0.1) is 0 Å². The molecule has 0 aliphatic carbocycles. The summed E-state index contributed by atoms with van der Waals surface area (Å²) in [5, 5.41) is 12.3. The maximum absolute atomic E-state index is 13.1. The molecule has 154 valence electrons. The van der Waals surface area contributed by atoms with Crippen molar-refractivity contribution < 1.29 is 14.6 Å². The monoisotopic (exact) mass is 432 g/mol. The molecule has 1 heterocycles. The second kappa shape index (κ2) is 8.45. The molecule has 0 fully saturated rings. The molecule has 0 aliphatic rings. The Bertz CT molecular complexity index is 1390. The SMILES string of the molecule is COC(=O)c1ccccc1N=Cc1c(O)n(-c2ccccc2Cl)c(=O)c2ccccc12.